The zero-order valence-corrected chi connectivity index (χ0v) is 13.1. The second kappa shape index (κ2) is 6.23. The van der Waals surface area contributed by atoms with E-state index >= 15 is 0 Å². The fourth-order valence-electron chi connectivity index (χ4n) is 3.82. The largest absolute Gasteiger partial charge is 0.477 e. The highest BCUT2D eigenvalue weighted by Gasteiger charge is 2.37. The van der Waals surface area contributed by atoms with E-state index in [4.69, 9.17) is 5.11 Å². The SMILES string of the molecule is O=C(O)c1ccc(C(F)(F)F)n(CCCN2CC3CC(C3)C2)c1=O. The number of carboxylic acids is 1. The molecule has 0 amide bonds. The molecule has 1 aromatic heterocycles. The van der Waals surface area contributed by atoms with Gasteiger partial charge in [0.05, 0.1) is 0 Å². The number of hydrogen-bond acceptors (Lipinski definition) is 3. The molecule has 8 heteroatoms. The topological polar surface area (TPSA) is 62.5 Å². The fraction of sp³-hybridized carbons (Fsp3) is 0.625. The predicted octanol–water partition coefficient (Wildman–Crippen LogP) is 2.30. The van der Waals surface area contributed by atoms with E-state index in [1.807, 2.05) is 0 Å². The average molecular weight is 344 g/mol. The number of aromatic nitrogens is 1. The van der Waals surface area contributed by atoms with Gasteiger partial charge in [-0.25, -0.2) is 4.79 Å². The number of fused-ring (bicyclic) bond motifs is 2. The lowest BCUT2D eigenvalue weighted by Gasteiger charge is -2.47. The van der Waals surface area contributed by atoms with Crippen molar-refractivity contribution < 1.29 is 23.1 Å². The van der Waals surface area contributed by atoms with E-state index in [2.05, 4.69) is 4.90 Å². The number of hydrogen-bond donors (Lipinski definition) is 1. The maximum Gasteiger partial charge on any atom is 0.431 e. The second-order valence-electron chi connectivity index (χ2n) is 6.71. The second-order valence-corrected chi connectivity index (χ2v) is 6.71. The highest BCUT2D eigenvalue weighted by atomic mass is 19.4. The van der Waals surface area contributed by atoms with Crippen molar-refractivity contribution in [3.63, 3.8) is 0 Å². The molecule has 3 fully saturated rings. The van der Waals surface area contributed by atoms with Crippen LogP contribution in [0.3, 0.4) is 0 Å². The van der Waals surface area contributed by atoms with Gasteiger partial charge in [0, 0.05) is 19.6 Å². The van der Waals surface area contributed by atoms with Gasteiger partial charge in [0.15, 0.2) is 0 Å². The summed E-state index contributed by atoms with van der Waals surface area (Å²) in [6, 6.07) is 1.39. The molecule has 0 aromatic carbocycles. The fourth-order valence-corrected chi connectivity index (χ4v) is 3.82. The molecule has 4 rings (SSSR count). The molecule has 2 bridgehead atoms. The molecule has 24 heavy (non-hydrogen) atoms. The number of aromatic carboxylic acids is 1. The Hall–Kier alpha value is -1.83. The van der Waals surface area contributed by atoms with Crippen LogP contribution in [-0.4, -0.2) is 40.2 Å². The van der Waals surface area contributed by atoms with E-state index in [-0.39, 0.29) is 6.54 Å². The molecule has 3 heterocycles. The summed E-state index contributed by atoms with van der Waals surface area (Å²) in [5.41, 5.74) is -2.83. The van der Waals surface area contributed by atoms with Crippen LogP contribution in [0.1, 0.15) is 35.3 Å². The van der Waals surface area contributed by atoms with Crippen LogP contribution < -0.4 is 5.56 Å². The summed E-state index contributed by atoms with van der Waals surface area (Å²) in [5, 5.41) is 8.94. The lowest BCUT2D eigenvalue weighted by atomic mass is 9.71. The molecular weight excluding hydrogens is 325 g/mol. The molecule has 0 spiro atoms. The third kappa shape index (κ3) is 3.33. The van der Waals surface area contributed by atoms with Crippen molar-refractivity contribution in [2.45, 2.75) is 32.0 Å². The van der Waals surface area contributed by atoms with E-state index in [9.17, 15) is 22.8 Å². The summed E-state index contributed by atoms with van der Waals surface area (Å²) >= 11 is 0. The molecule has 1 N–H and O–H groups in total. The number of carbonyl (C=O) groups is 1. The van der Waals surface area contributed by atoms with Crippen molar-refractivity contribution in [1.82, 2.24) is 9.47 Å². The summed E-state index contributed by atoms with van der Waals surface area (Å²) in [4.78, 5) is 25.3. The van der Waals surface area contributed by atoms with Crippen molar-refractivity contribution >= 4 is 5.97 Å². The molecule has 1 saturated carbocycles. The van der Waals surface area contributed by atoms with E-state index in [1.165, 1.54) is 12.8 Å². The number of halogens is 3. The minimum Gasteiger partial charge on any atom is -0.477 e. The summed E-state index contributed by atoms with van der Waals surface area (Å²) in [6.07, 6.45) is -1.82. The Balaban J connectivity index is 1.73. The number of rotatable bonds is 5. The van der Waals surface area contributed by atoms with Crippen LogP contribution in [0.2, 0.25) is 0 Å². The van der Waals surface area contributed by atoms with Crippen molar-refractivity contribution in [1.29, 1.82) is 0 Å². The number of alkyl halides is 3. The first-order valence-electron chi connectivity index (χ1n) is 8.02. The number of nitrogens with zero attached hydrogens (tertiary/aromatic N) is 2. The lowest BCUT2D eigenvalue weighted by Crippen LogP contribution is -2.48. The van der Waals surface area contributed by atoms with Gasteiger partial charge in [0.1, 0.15) is 11.3 Å². The average Bonchev–Trinajstić information content (AvgIpc) is 2.46. The number of pyridine rings is 1. The maximum atomic E-state index is 13.1. The van der Waals surface area contributed by atoms with Crippen LogP contribution in [0.5, 0.6) is 0 Å². The van der Waals surface area contributed by atoms with Crippen molar-refractivity contribution in [3.8, 4) is 0 Å². The van der Waals surface area contributed by atoms with Gasteiger partial charge in [0.2, 0.25) is 0 Å². The number of carboxylic acid groups (broad SMARTS) is 1. The highest BCUT2D eigenvalue weighted by Crippen LogP contribution is 2.39. The molecule has 1 aliphatic carbocycles. The highest BCUT2D eigenvalue weighted by molar-refractivity contribution is 5.87. The van der Waals surface area contributed by atoms with Crippen molar-refractivity contribution in [2.24, 2.45) is 11.8 Å². The molecule has 0 radical (unpaired) electrons. The van der Waals surface area contributed by atoms with Crippen molar-refractivity contribution in [3.05, 3.63) is 33.7 Å². The molecule has 2 aliphatic heterocycles. The van der Waals surface area contributed by atoms with Crippen LogP contribution in [0.4, 0.5) is 13.2 Å². The standard InChI is InChI=1S/C16H19F3N2O3/c17-16(18,19)13-3-2-12(15(23)24)14(22)21(13)5-1-4-20-8-10-6-11(7-10)9-20/h2-3,10-11H,1,4-9H2,(H,23,24). The zero-order valence-electron chi connectivity index (χ0n) is 13.1. The maximum absolute atomic E-state index is 13.1. The Labute approximate surface area is 136 Å². The van der Waals surface area contributed by atoms with E-state index < -0.39 is 29.0 Å². The number of piperidine rings is 2. The van der Waals surface area contributed by atoms with Gasteiger partial charge in [-0.1, -0.05) is 0 Å². The monoisotopic (exact) mass is 344 g/mol. The van der Waals surface area contributed by atoms with E-state index in [1.54, 1.807) is 0 Å². The van der Waals surface area contributed by atoms with Crippen LogP contribution in [0.15, 0.2) is 16.9 Å². The lowest BCUT2D eigenvalue weighted by molar-refractivity contribution is -0.144. The van der Waals surface area contributed by atoms with Gasteiger partial charge in [-0.2, -0.15) is 13.2 Å². The van der Waals surface area contributed by atoms with Crippen LogP contribution in [0.25, 0.3) is 0 Å². The van der Waals surface area contributed by atoms with E-state index in [0.717, 1.165) is 19.2 Å². The molecule has 132 valence electrons. The summed E-state index contributed by atoms with van der Waals surface area (Å²) < 4.78 is 39.8. The van der Waals surface area contributed by atoms with E-state index in [0.29, 0.717) is 35.4 Å². The van der Waals surface area contributed by atoms with Gasteiger partial charge >= 0.3 is 12.1 Å². The minimum atomic E-state index is -4.69. The Morgan fingerprint density at radius 1 is 1.17 bits per heavy atom. The van der Waals surface area contributed by atoms with Gasteiger partial charge in [-0.15, -0.1) is 0 Å². The molecule has 0 atom stereocenters. The first-order valence-corrected chi connectivity index (χ1v) is 8.02. The van der Waals surface area contributed by atoms with Crippen LogP contribution >= 0.6 is 0 Å². The first kappa shape index (κ1) is 17.0. The Kier molecular flexibility index (Phi) is 4.42. The van der Waals surface area contributed by atoms with Gasteiger partial charge in [-0.3, -0.25) is 4.79 Å². The summed E-state index contributed by atoms with van der Waals surface area (Å²) in [5.74, 6) is -0.112. The molecule has 1 aromatic rings. The van der Waals surface area contributed by atoms with Crippen molar-refractivity contribution in [2.75, 3.05) is 19.6 Å². The quantitative estimate of drug-likeness (QED) is 0.890. The summed E-state index contributed by atoms with van der Waals surface area (Å²) in [6.45, 7) is 2.41. The minimum absolute atomic E-state index is 0.138. The molecule has 2 saturated heterocycles. The molecular formula is C16H19F3N2O3. The molecule has 5 nitrogen and oxygen atoms in total. The smallest absolute Gasteiger partial charge is 0.431 e. The Morgan fingerprint density at radius 2 is 1.79 bits per heavy atom. The van der Waals surface area contributed by atoms with Crippen LogP contribution in [-0.2, 0) is 12.7 Å². The third-order valence-corrected chi connectivity index (χ3v) is 4.92. The predicted molar refractivity (Wildman–Crippen MR) is 79.9 cm³/mol. The van der Waals surface area contributed by atoms with Gasteiger partial charge in [0.25, 0.3) is 5.56 Å². The normalized spacial score (nSPS) is 23.8. The first-order chi connectivity index (χ1) is 11.3. The Morgan fingerprint density at radius 3 is 2.33 bits per heavy atom. The zero-order chi connectivity index (χ0) is 17.5. The molecule has 3 aliphatic rings. The van der Waals surface area contributed by atoms with Gasteiger partial charge in [-0.05, 0) is 49.8 Å². The van der Waals surface area contributed by atoms with Crippen LogP contribution in [0, 0.1) is 11.8 Å². The molecule has 0 unspecified atom stereocenters. The Bertz CT molecular complexity index is 683. The summed E-state index contributed by atoms with van der Waals surface area (Å²) in [7, 11) is 0. The van der Waals surface area contributed by atoms with Gasteiger partial charge < -0.3 is 14.6 Å². The third-order valence-electron chi connectivity index (χ3n) is 4.92.